The Labute approximate surface area is 56.5 Å². The third-order valence-corrected chi connectivity index (χ3v) is 2.21. The van der Waals surface area contributed by atoms with Gasteiger partial charge < -0.3 is 4.74 Å². The van der Waals surface area contributed by atoms with Gasteiger partial charge in [0.1, 0.15) is 0 Å². The van der Waals surface area contributed by atoms with Crippen molar-refractivity contribution in [2.75, 3.05) is 0 Å². The van der Waals surface area contributed by atoms with E-state index < -0.39 is 9.58 Å². The van der Waals surface area contributed by atoms with Crippen LogP contribution in [0.5, 0.6) is 0 Å². The average Bonchev–Trinajstić information content (AvgIpc) is 1.63. The quantitative estimate of drug-likeness (QED) is 0.392. The van der Waals surface area contributed by atoms with E-state index in [0.717, 1.165) is 0 Å². The highest BCUT2D eigenvalue weighted by atomic mass is 35.5. The molecule has 1 heterocycles. The Morgan fingerprint density at radius 1 is 1.29 bits per heavy atom. The van der Waals surface area contributed by atoms with Gasteiger partial charge in [-0.05, 0) is 6.92 Å². The zero-order chi connectivity index (χ0) is 5.71. The molecule has 1 saturated heterocycles. The molecule has 1 aliphatic rings. The number of hydrogen-bond acceptors (Lipinski definition) is 1. The van der Waals surface area contributed by atoms with Crippen molar-refractivity contribution in [1.29, 1.82) is 0 Å². The first-order chi connectivity index (χ1) is 2.96. The minimum absolute atomic E-state index is 0.851. The topological polar surface area (TPSA) is 12.5 Å². The zero-order valence-corrected chi connectivity index (χ0v) is 5.81. The van der Waals surface area contributed by atoms with Gasteiger partial charge in [-0.25, -0.2) is 0 Å². The van der Waals surface area contributed by atoms with E-state index in [4.69, 9.17) is 34.8 Å². The van der Waals surface area contributed by atoms with Crippen molar-refractivity contribution in [1.82, 2.24) is 0 Å². The van der Waals surface area contributed by atoms with Crippen LogP contribution in [-0.4, -0.2) is 9.58 Å². The minimum atomic E-state index is -1.14. The number of rotatable bonds is 0. The molecule has 0 bridgehead atoms. The van der Waals surface area contributed by atoms with Crippen LogP contribution in [0.15, 0.2) is 0 Å². The van der Waals surface area contributed by atoms with Gasteiger partial charge in [0.2, 0.25) is 0 Å². The second-order valence-electron chi connectivity index (χ2n) is 1.54. The summed E-state index contributed by atoms with van der Waals surface area (Å²) in [6.07, 6.45) is 0. The van der Waals surface area contributed by atoms with Crippen LogP contribution >= 0.6 is 34.8 Å². The van der Waals surface area contributed by atoms with E-state index in [9.17, 15) is 0 Å². The molecule has 1 aliphatic heterocycles. The molecule has 0 aromatic carbocycles. The summed E-state index contributed by atoms with van der Waals surface area (Å²) in [7, 11) is 0. The average molecular weight is 161 g/mol. The van der Waals surface area contributed by atoms with Gasteiger partial charge in [-0.3, -0.25) is 0 Å². The van der Waals surface area contributed by atoms with Gasteiger partial charge in [0.15, 0.2) is 5.06 Å². The Bertz CT molecular complexity index is 86.4. The van der Waals surface area contributed by atoms with Crippen LogP contribution in [0.1, 0.15) is 6.92 Å². The maximum atomic E-state index is 5.45. The monoisotopic (exact) mass is 160 g/mol. The van der Waals surface area contributed by atoms with Gasteiger partial charge in [0.25, 0.3) is 4.52 Å². The van der Waals surface area contributed by atoms with Crippen molar-refractivity contribution in [2.45, 2.75) is 16.5 Å². The lowest BCUT2D eigenvalue weighted by atomic mass is 10.5. The van der Waals surface area contributed by atoms with Crippen molar-refractivity contribution in [3.8, 4) is 0 Å². The van der Waals surface area contributed by atoms with E-state index >= 15 is 0 Å². The van der Waals surface area contributed by atoms with Crippen LogP contribution in [0.2, 0.25) is 0 Å². The lowest BCUT2D eigenvalue weighted by molar-refractivity contribution is 0.377. The molecule has 1 rings (SSSR count). The van der Waals surface area contributed by atoms with Crippen molar-refractivity contribution < 1.29 is 4.74 Å². The van der Waals surface area contributed by atoms with E-state index in [1.54, 1.807) is 6.92 Å². The number of ether oxygens (including phenoxy) is 1. The van der Waals surface area contributed by atoms with Crippen LogP contribution < -0.4 is 0 Å². The van der Waals surface area contributed by atoms with Crippen molar-refractivity contribution in [2.24, 2.45) is 0 Å². The SMILES string of the molecule is CC1(Cl)OC1(Cl)Cl. The predicted molar refractivity (Wildman–Crippen MR) is 29.8 cm³/mol. The summed E-state index contributed by atoms with van der Waals surface area (Å²) in [5.41, 5.74) is 0. The predicted octanol–water partition coefficient (Wildman–Crippen LogP) is 2.10. The van der Waals surface area contributed by atoms with Crippen LogP contribution in [0.3, 0.4) is 0 Å². The fourth-order valence-corrected chi connectivity index (χ4v) is 0.719. The van der Waals surface area contributed by atoms with Crippen molar-refractivity contribution >= 4 is 34.8 Å². The molecule has 1 nitrogen and oxygen atoms in total. The Hall–Kier alpha value is 0.830. The highest BCUT2D eigenvalue weighted by Gasteiger charge is 2.65. The molecule has 42 valence electrons. The number of hydrogen-bond donors (Lipinski definition) is 0. The molecule has 0 aliphatic carbocycles. The molecule has 1 unspecified atom stereocenters. The fraction of sp³-hybridized carbons (Fsp3) is 1.00. The van der Waals surface area contributed by atoms with Crippen LogP contribution in [0.25, 0.3) is 0 Å². The molecule has 1 atom stereocenters. The van der Waals surface area contributed by atoms with E-state index in [0.29, 0.717) is 0 Å². The smallest absolute Gasteiger partial charge is 0.263 e. The normalized spacial score (nSPS) is 46.3. The highest BCUT2D eigenvalue weighted by Crippen LogP contribution is 2.57. The maximum Gasteiger partial charge on any atom is 0.263 e. The first-order valence-corrected chi connectivity index (χ1v) is 2.86. The standard InChI is InChI=1S/C3H3Cl3O/c1-2(4)3(5,6)7-2/h1H3. The molecule has 4 heteroatoms. The first kappa shape index (κ1) is 5.96. The van der Waals surface area contributed by atoms with Gasteiger partial charge >= 0.3 is 0 Å². The second kappa shape index (κ2) is 1.21. The lowest BCUT2D eigenvalue weighted by Crippen LogP contribution is -2.00. The summed E-state index contributed by atoms with van der Waals surface area (Å²) in [4.78, 5) is 0. The van der Waals surface area contributed by atoms with E-state index in [2.05, 4.69) is 4.74 Å². The summed E-state index contributed by atoms with van der Waals surface area (Å²) < 4.78 is 3.44. The summed E-state index contributed by atoms with van der Waals surface area (Å²) >= 11 is 16.1. The van der Waals surface area contributed by atoms with E-state index in [1.807, 2.05) is 0 Å². The van der Waals surface area contributed by atoms with Crippen molar-refractivity contribution in [3.63, 3.8) is 0 Å². The number of alkyl halides is 3. The Balaban J connectivity index is 2.59. The van der Waals surface area contributed by atoms with Gasteiger partial charge in [-0.15, -0.1) is 0 Å². The third kappa shape index (κ3) is 0.833. The van der Waals surface area contributed by atoms with Gasteiger partial charge in [0.05, 0.1) is 0 Å². The third-order valence-electron chi connectivity index (χ3n) is 0.798. The van der Waals surface area contributed by atoms with Gasteiger partial charge in [0, 0.05) is 0 Å². The largest absolute Gasteiger partial charge is 0.315 e. The van der Waals surface area contributed by atoms with Crippen LogP contribution in [-0.2, 0) is 4.74 Å². The second-order valence-corrected chi connectivity index (χ2v) is 3.51. The van der Waals surface area contributed by atoms with Gasteiger partial charge in [-0.1, -0.05) is 34.8 Å². The molecule has 0 saturated carbocycles. The number of epoxide rings is 1. The molecular weight excluding hydrogens is 158 g/mol. The number of halogens is 3. The molecule has 1 fully saturated rings. The molecule has 0 radical (unpaired) electrons. The molecule has 0 aromatic rings. The molecular formula is C3H3Cl3O. The summed E-state index contributed by atoms with van der Waals surface area (Å²) in [6, 6.07) is 0. The Morgan fingerprint density at radius 3 is 1.43 bits per heavy atom. The first-order valence-electron chi connectivity index (χ1n) is 1.73. The van der Waals surface area contributed by atoms with E-state index in [-0.39, 0.29) is 0 Å². The minimum Gasteiger partial charge on any atom is -0.315 e. The maximum absolute atomic E-state index is 5.45. The van der Waals surface area contributed by atoms with Crippen LogP contribution in [0.4, 0.5) is 0 Å². The van der Waals surface area contributed by atoms with Gasteiger partial charge in [-0.2, -0.15) is 0 Å². The Kier molecular flexibility index (Phi) is 1.03. The molecule has 0 amide bonds. The summed E-state index contributed by atoms with van der Waals surface area (Å²) in [5.74, 6) is 0. The molecule has 0 spiro atoms. The fourth-order valence-electron chi connectivity index (χ4n) is 0.215. The Morgan fingerprint density at radius 2 is 1.43 bits per heavy atom. The zero-order valence-electron chi connectivity index (χ0n) is 3.54. The molecule has 0 aromatic heterocycles. The highest BCUT2D eigenvalue weighted by molar-refractivity contribution is 6.54. The van der Waals surface area contributed by atoms with Crippen molar-refractivity contribution in [3.05, 3.63) is 0 Å². The van der Waals surface area contributed by atoms with Crippen LogP contribution in [0, 0.1) is 0 Å². The van der Waals surface area contributed by atoms with E-state index in [1.165, 1.54) is 0 Å². The summed E-state index contributed by atoms with van der Waals surface area (Å²) in [5, 5.41) is -0.851. The lowest BCUT2D eigenvalue weighted by Gasteiger charge is -1.87. The summed E-state index contributed by atoms with van der Waals surface area (Å²) in [6.45, 7) is 1.61. The molecule has 0 N–H and O–H groups in total. The molecule has 7 heavy (non-hydrogen) atoms.